The third-order valence-corrected chi connectivity index (χ3v) is 7.75. The van der Waals surface area contributed by atoms with Gasteiger partial charge >= 0.3 is 0 Å². The van der Waals surface area contributed by atoms with Crippen LogP contribution in [-0.4, -0.2) is 123 Å². The van der Waals surface area contributed by atoms with Gasteiger partial charge in [-0.05, 0) is 31.2 Å². The maximum Gasteiger partial charge on any atom is 0.239 e. The molecular formula is C29H34O16. The molecule has 2 aliphatic rings. The average molecular weight is 639 g/mol. The van der Waals surface area contributed by atoms with E-state index in [2.05, 4.69) is 0 Å². The largest absolute Gasteiger partial charge is 0.508 e. The maximum atomic E-state index is 14.0. The van der Waals surface area contributed by atoms with Crippen molar-refractivity contribution in [2.24, 2.45) is 0 Å². The highest BCUT2D eigenvalue weighted by molar-refractivity contribution is 5.91. The molecule has 0 aliphatic carbocycles. The number of hydrogen-bond donors (Lipinski definition) is 8. The predicted octanol–water partition coefficient (Wildman–Crippen LogP) is -1.08. The topological polar surface area (TPSA) is 247 Å². The van der Waals surface area contributed by atoms with Crippen LogP contribution in [0.5, 0.6) is 28.7 Å². The molecule has 0 bridgehead atoms. The van der Waals surface area contributed by atoms with Crippen LogP contribution in [0.2, 0.25) is 0 Å². The van der Waals surface area contributed by atoms with E-state index < -0.39 is 84.9 Å². The van der Waals surface area contributed by atoms with Gasteiger partial charge in [0.25, 0.3) is 0 Å². The molecule has 0 radical (unpaired) electrons. The number of fused-ring (bicyclic) bond motifs is 1. The summed E-state index contributed by atoms with van der Waals surface area (Å²) >= 11 is 0. The third-order valence-electron chi connectivity index (χ3n) is 7.75. The number of aliphatic hydroxyl groups excluding tert-OH is 6. The summed E-state index contributed by atoms with van der Waals surface area (Å²) in [5.74, 6) is -1.62. The average Bonchev–Trinajstić information content (AvgIpc) is 3.02. The fourth-order valence-electron chi connectivity index (χ4n) is 5.23. The van der Waals surface area contributed by atoms with Crippen LogP contribution in [0.3, 0.4) is 0 Å². The fourth-order valence-corrected chi connectivity index (χ4v) is 5.23. The van der Waals surface area contributed by atoms with Crippen LogP contribution in [0.25, 0.3) is 22.3 Å². The number of ether oxygens (including phenoxy) is 6. The normalized spacial score (nSPS) is 31.9. The lowest BCUT2D eigenvalue weighted by molar-refractivity contribution is -0.355. The second-order valence-corrected chi connectivity index (χ2v) is 10.6. The summed E-state index contributed by atoms with van der Waals surface area (Å²) in [4.78, 5) is 14.0. The van der Waals surface area contributed by atoms with Gasteiger partial charge in [0.2, 0.25) is 23.2 Å². The van der Waals surface area contributed by atoms with Gasteiger partial charge < -0.3 is 73.7 Å². The molecule has 2 saturated heterocycles. The van der Waals surface area contributed by atoms with Crippen LogP contribution in [-0.2, 0) is 14.2 Å². The summed E-state index contributed by atoms with van der Waals surface area (Å²) in [6.45, 7) is 0.640. The molecular weight excluding hydrogens is 604 g/mol. The van der Waals surface area contributed by atoms with E-state index in [0.29, 0.717) is 0 Å². The summed E-state index contributed by atoms with van der Waals surface area (Å²) in [6.07, 6.45) is -16.4. The van der Waals surface area contributed by atoms with Crippen molar-refractivity contribution < 1.29 is 73.7 Å². The van der Waals surface area contributed by atoms with E-state index in [-0.39, 0.29) is 39.5 Å². The predicted molar refractivity (Wildman–Crippen MR) is 150 cm³/mol. The molecule has 0 spiro atoms. The number of rotatable bonds is 8. The van der Waals surface area contributed by atoms with E-state index in [4.69, 9.17) is 32.8 Å². The van der Waals surface area contributed by atoms with Crippen LogP contribution in [0.1, 0.15) is 6.92 Å². The SMILES string of the molecule is COc1cc2oc(-c3ccc(O)cc3)c(O[C@@H]3O[C@@H](C)[C@H](O)[C@@H](O)[C@H]3O[C@@H]3O[C@H](CO)[C@H](O)[C@H](O)[C@H]3O)c(=O)c2c(O)c1OC. The standard InChI is InChI=1S/C29H34O16/c1-10-17(32)22(37)27(45-28-23(38)21(36)18(33)15(9-30)43-28)29(41-10)44-26-20(35)16-13(8-14(39-2)25(40-3)19(16)34)42-24(26)11-4-6-12(31)7-5-11/h4-8,10,15,17-18,21-23,27-34,36-38H,9H2,1-3H3/t10-,15+,17-,18-,21-,22+,23+,27+,28-,29-/m0/s1. The molecule has 0 saturated carbocycles. The lowest BCUT2D eigenvalue weighted by Crippen LogP contribution is -2.64. The Morgan fingerprint density at radius 1 is 0.822 bits per heavy atom. The van der Waals surface area contributed by atoms with Crippen LogP contribution in [0, 0.1) is 0 Å². The van der Waals surface area contributed by atoms with Crippen LogP contribution < -0.4 is 19.6 Å². The number of phenols is 2. The number of hydrogen-bond acceptors (Lipinski definition) is 16. The first-order valence-corrected chi connectivity index (χ1v) is 13.8. The van der Waals surface area contributed by atoms with E-state index in [0.717, 1.165) is 0 Å². The van der Waals surface area contributed by atoms with E-state index in [1.165, 1.54) is 51.5 Å². The molecule has 3 heterocycles. The first kappa shape index (κ1) is 32.7. The lowest BCUT2D eigenvalue weighted by atomic mass is 9.97. The second kappa shape index (κ2) is 13.0. The molecule has 10 atom stereocenters. The fraction of sp³-hybridized carbons (Fsp3) is 0.483. The van der Waals surface area contributed by atoms with Gasteiger partial charge in [0.1, 0.15) is 53.3 Å². The van der Waals surface area contributed by atoms with Gasteiger partial charge in [-0.15, -0.1) is 0 Å². The molecule has 8 N–H and O–H groups in total. The number of benzene rings is 2. The minimum absolute atomic E-state index is 0.0468. The van der Waals surface area contributed by atoms with Crippen LogP contribution in [0.15, 0.2) is 39.5 Å². The minimum Gasteiger partial charge on any atom is -0.508 e. The Kier molecular flexibility index (Phi) is 9.41. The first-order chi connectivity index (χ1) is 21.4. The van der Waals surface area contributed by atoms with Gasteiger partial charge in [-0.3, -0.25) is 4.79 Å². The summed E-state index contributed by atoms with van der Waals surface area (Å²) in [5.41, 5.74) is -0.832. The van der Waals surface area contributed by atoms with Crippen molar-refractivity contribution in [1.29, 1.82) is 0 Å². The van der Waals surface area contributed by atoms with Crippen molar-refractivity contribution >= 4 is 11.0 Å². The summed E-state index contributed by atoms with van der Waals surface area (Å²) in [6, 6.07) is 6.78. The van der Waals surface area contributed by atoms with E-state index >= 15 is 0 Å². The smallest absolute Gasteiger partial charge is 0.239 e. The van der Waals surface area contributed by atoms with Crippen molar-refractivity contribution in [3.05, 3.63) is 40.6 Å². The Labute approximate surface area is 254 Å². The minimum atomic E-state index is -1.88. The van der Waals surface area contributed by atoms with Crippen molar-refractivity contribution in [1.82, 2.24) is 0 Å². The van der Waals surface area contributed by atoms with Crippen LogP contribution >= 0.6 is 0 Å². The summed E-state index contributed by atoms with van der Waals surface area (Å²) < 4.78 is 39.4. The molecule has 5 rings (SSSR count). The third kappa shape index (κ3) is 5.87. The van der Waals surface area contributed by atoms with E-state index in [1.54, 1.807) is 0 Å². The molecule has 2 aliphatic heterocycles. The molecule has 16 nitrogen and oxygen atoms in total. The highest BCUT2D eigenvalue weighted by Gasteiger charge is 2.51. The van der Waals surface area contributed by atoms with E-state index in [1.807, 2.05) is 0 Å². The Morgan fingerprint density at radius 3 is 2.13 bits per heavy atom. The van der Waals surface area contributed by atoms with Gasteiger partial charge in [-0.25, -0.2) is 0 Å². The van der Waals surface area contributed by atoms with Crippen molar-refractivity contribution in [2.75, 3.05) is 20.8 Å². The van der Waals surface area contributed by atoms with E-state index in [9.17, 15) is 45.6 Å². The van der Waals surface area contributed by atoms with Crippen molar-refractivity contribution in [3.8, 4) is 40.1 Å². The molecule has 45 heavy (non-hydrogen) atoms. The van der Waals surface area contributed by atoms with Gasteiger partial charge in [-0.2, -0.15) is 0 Å². The molecule has 2 aromatic carbocycles. The molecule has 16 heteroatoms. The quantitative estimate of drug-likeness (QED) is 0.146. The summed E-state index contributed by atoms with van der Waals surface area (Å²) in [5, 5.41) is 82.5. The number of aromatic hydroxyl groups is 2. The maximum absolute atomic E-state index is 14.0. The molecule has 1 aromatic heterocycles. The Morgan fingerprint density at radius 2 is 1.51 bits per heavy atom. The molecule has 0 amide bonds. The summed E-state index contributed by atoms with van der Waals surface area (Å²) in [7, 11) is 2.56. The second-order valence-electron chi connectivity index (χ2n) is 10.6. The van der Waals surface area contributed by atoms with Crippen molar-refractivity contribution in [2.45, 2.75) is 68.3 Å². The molecule has 0 unspecified atom stereocenters. The van der Waals surface area contributed by atoms with Crippen molar-refractivity contribution in [3.63, 3.8) is 0 Å². The Hall–Kier alpha value is -3.71. The number of phenolic OH excluding ortho intramolecular Hbond substituents is 2. The molecule has 3 aromatic rings. The number of aliphatic hydroxyl groups is 6. The molecule has 246 valence electrons. The highest BCUT2D eigenvalue weighted by Crippen LogP contribution is 2.44. The highest BCUT2D eigenvalue weighted by atomic mass is 16.8. The zero-order valence-corrected chi connectivity index (χ0v) is 24.2. The lowest BCUT2D eigenvalue weighted by Gasteiger charge is -2.45. The van der Waals surface area contributed by atoms with Gasteiger partial charge in [-0.1, -0.05) is 0 Å². The van der Waals surface area contributed by atoms with Gasteiger partial charge in [0.05, 0.1) is 26.9 Å². The van der Waals surface area contributed by atoms with Crippen LogP contribution in [0.4, 0.5) is 0 Å². The zero-order valence-electron chi connectivity index (χ0n) is 24.2. The Balaban J connectivity index is 1.63. The molecule has 2 fully saturated rings. The van der Waals surface area contributed by atoms with Gasteiger partial charge in [0, 0.05) is 11.6 Å². The zero-order chi connectivity index (χ0) is 32.7. The van der Waals surface area contributed by atoms with Gasteiger partial charge in [0.15, 0.2) is 29.7 Å². The Bertz CT molecular complexity index is 1550. The monoisotopic (exact) mass is 638 g/mol. The first-order valence-electron chi connectivity index (χ1n) is 13.8. The number of methoxy groups -OCH3 is 2.